The molecule has 4 heteroatoms. The van der Waals surface area contributed by atoms with Gasteiger partial charge in [-0.1, -0.05) is 13.8 Å². The summed E-state index contributed by atoms with van der Waals surface area (Å²) in [6.45, 7) is 17.6. The minimum Gasteiger partial charge on any atom is -0.368 e. The largest absolute Gasteiger partial charge is 0.368 e. The van der Waals surface area contributed by atoms with E-state index < -0.39 is 0 Å². The first kappa shape index (κ1) is 18.7. The molecule has 0 N–H and O–H groups in total. The Kier molecular flexibility index (Phi) is 6.34. The number of rotatable bonds is 5. The summed E-state index contributed by atoms with van der Waals surface area (Å²) in [4.78, 5) is 12.4. The number of pyridine rings is 1. The van der Waals surface area contributed by atoms with E-state index in [-0.39, 0.29) is 0 Å². The maximum Gasteiger partial charge on any atom is 0.0553 e. The lowest BCUT2D eigenvalue weighted by Crippen LogP contribution is -2.49. The summed E-state index contributed by atoms with van der Waals surface area (Å²) in [7, 11) is 0. The van der Waals surface area contributed by atoms with E-state index in [1.54, 1.807) is 0 Å². The Morgan fingerprint density at radius 1 is 0.960 bits per heavy atom. The van der Waals surface area contributed by atoms with Crippen LogP contribution in [0.15, 0.2) is 18.3 Å². The van der Waals surface area contributed by atoms with Crippen molar-refractivity contribution >= 4 is 5.69 Å². The van der Waals surface area contributed by atoms with Crippen LogP contribution in [-0.4, -0.2) is 66.6 Å². The molecule has 0 spiro atoms. The minimum absolute atomic E-state index is 0.507. The normalized spacial score (nSPS) is 21.4. The summed E-state index contributed by atoms with van der Waals surface area (Å²) in [5.74, 6) is 1.40. The highest BCUT2D eigenvalue weighted by atomic mass is 15.3. The number of piperidine rings is 1. The van der Waals surface area contributed by atoms with Crippen LogP contribution in [-0.2, 0) is 0 Å². The first-order valence-electron chi connectivity index (χ1n) is 10.2. The van der Waals surface area contributed by atoms with Crippen LogP contribution in [0.1, 0.15) is 52.1 Å². The van der Waals surface area contributed by atoms with Crippen molar-refractivity contribution in [1.82, 2.24) is 14.8 Å². The molecule has 0 saturated carbocycles. The number of piperazine rings is 1. The summed E-state index contributed by atoms with van der Waals surface area (Å²) in [6.07, 6.45) is 4.81. The number of hydrogen-bond acceptors (Lipinski definition) is 4. The highest BCUT2D eigenvalue weighted by Crippen LogP contribution is 2.22. The van der Waals surface area contributed by atoms with Gasteiger partial charge < -0.3 is 9.80 Å². The molecule has 0 aliphatic carbocycles. The number of aromatic nitrogens is 1. The lowest BCUT2D eigenvalue weighted by Gasteiger charge is -2.40. The van der Waals surface area contributed by atoms with Crippen molar-refractivity contribution in [3.8, 4) is 0 Å². The average molecular weight is 345 g/mol. The average Bonchev–Trinajstić information content (AvgIpc) is 2.63. The van der Waals surface area contributed by atoms with Crippen LogP contribution < -0.4 is 4.90 Å². The number of likely N-dealkylation sites (tertiary alicyclic amines) is 1. The minimum atomic E-state index is 0.507. The summed E-state index contributed by atoms with van der Waals surface area (Å²) >= 11 is 0. The smallest absolute Gasteiger partial charge is 0.0553 e. The van der Waals surface area contributed by atoms with Gasteiger partial charge >= 0.3 is 0 Å². The number of nitrogens with zero attached hydrogens (tertiary/aromatic N) is 4. The van der Waals surface area contributed by atoms with Crippen molar-refractivity contribution < 1.29 is 0 Å². The lowest BCUT2D eigenvalue weighted by molar-refractivity contribution is 0.119. The molecule has 0 unspecified atom stereocenters. The fourth-order valence-corrected chi connectivity index (χ4v) is 4.13. The molecule has 3 heterocycles. The van der Waals surface area contributed by atoms with Gasteiger partial charge in [0.25, 0.3) is 0 Å². The Bertz CT molecular complexity index is 509. The fraction of sp³-hybridized carbons (Fsp3) is 0.762. The molecular formula is C21H36N4. The fourth-order valence-electron chi connectivity index (χ4n) is 4.13. The predicted octanol–water partition coefficient (Wildman–Crippen LogP) is 3.45. The summed E-state index contributed by atoms with van der Waals surface area (Å²) in [5, 5.41) is 0. The second kappa shape index (κ2) is 8.50. The Morgan fingerprint density at radius 2 is 1.64 bits per heavy atom. The molecule has 0 bridgehead atoms. The third-order valence-corrected chi connectivity index (χ3v) is 6.00. The van der Waals surface area contributed by atoms with E-state index in [0.29, 0.717) is 12.0 Å². The van der Waals surface area contributed by atoms with Crippen molar-refractivity contribution in [1.29, 1.82) is 0 Å². The lowest BCUT2D eigenvalue weighted by atomic mass is 9.95. The van der Waals surface area contributed by atoms with Gasteiger partial charge in [0.05, 0.1) is 11.9 Å². The zero-order chi connectivity index (χ0) is 17.8. The van der Waals surface area contributed by atoms with Gasteiger partial charge in [-0.2, -0.15) is 0 Å². The van der Waals surface area contributed by atoms with E-state index in [1.165, 1.54) is 56.9 Å². The molecule has 4 nitrogen and oxygen atoms in total. The van der Waals surface area contributed by atoms with Gasteiger partial charge in [0, 0.05) is 44.5 Å². The van der Waals surface area contributed by atoms with Crippen molar-refractivity contribution in [3.63, 3.8) is 0 Å². The van der Waals surface area contributed by atoms with Crippen LogP contribution in [0.5, 0.6) is 0 Å². The molecule has 0 amide bonds. The van der Waals surface area contributed by atoms with Gasteiger partial charge in [0.1, 0.15) is 0 Å². The first-order valence-corrected chi connectivity index (χ1v) is 10.2. The standard InChI is InChI=1S/C21H36N4/c1-17(2)21-6-5-20(15-22-21)25-13-11-23(12-14-25)16-19-7-9-24(10-8-19)18(3)4/h5-6,15,17-19H,7-14,16H2,1-4H3. The van der Waals surface area contributed by atoms with Gasteiger partial charge in [0.2, 0.25) is 0 Å². The van der Waals surface area contributed by atoms with Crippen molar-refractivity contribution in [2.45, 2.75) is 52.5 Å². The molecule has 2 saturated heterocycles. The van der Waals surface area contributed by atoms with E-state index in [2.05, 4.69) is 65.7 Å². The molecule has 25 heavy (non-hydrogen) atoms. The Labute approximate surface area is 154 Å². The van der Waals surface area contributed by atoms with Gasteiger partial charge in [-0.25, -0.2) is 0 Å². The maximum absolute atomic E-state index is 4.63. The Hall–Kier alpha value is -1.13. The predicted molar refractivity (Wildman–Crippen MR) is 106 cm³/mol. The molecule has 1 aromatic heterocycles. The van der Waals surface area contributed by atoms with E-state index in [4.69, 9.17) is 0 Å². The SMILES string of the molecule is CC(C)c1ccc(N2CCN(CC3CCN(C(C)C)CC3)CC2)cn1. The third kappa shape index (κ3) is 4.95. The summed E-state index contributed by atoms with van der Waals surface area (Å²) < 4.78 is 0. The highest BCUT2D eigenvalue weighted by Gasteiger charge is 2.24. The van der Waals surface area contributed by atoms with Gasteiger partial charge in [0.15, 0.2) is 0 Å². The van der Waals surface area contributed by atoms with Crippen molar-refractivity contribution in [3.05, 3.63) is 24.0 Å². The van der Waals surface area contributed by atoms with Crippen LogP contribution in [0.2, 0.25) is 0 Å². The topological polar surface area (TPSA) is 22.6 Å². The quantitative estimate of drug-likeness (QED) is 0.816. The molecule has 0 aromatic carbocycles. The third-order valence-electron chi connectivity index (χ3n) is 6.00. The maximum atomic E-state index is 4.63. The van der Waals surface area contributed by atoms with E-state index in [1.807, 2.05) is 0 Å². The Morgan fingerprint density at radius 3 is 2.16 bits per heavy atom. The second-order valence-corrected chi connectivity index (χ2v) is 8.46. The number of hydrogen-bond donors (Lipinski definition) is 0. The van der Waals surface area contributed by atoms with Crippen LogP contribution in [0.25, 0.3) is 0 Å². The zero-order valence-electron chi connectivity index (χ0n) is 16.6. The van der Waals surface area contributed by atoms with Gasteiger partial charge in [-0.15, -0.1) is 0 Å². The van der Waals surface area contributed by atoms with E-state index >= 15 is 0 Å². The van der Waals surface area contributed by atoms with Crippen molar-refractivity contribution in [2.24, 2.45) is 5.92 Å². The highest BCUT2D eigenvalue weighted by molar-refractivity contribution is 5.45. The van der Waals surface area contributed by atoms with E-state index in [9.17, 15) is 0 Å². The Balaban J connectivity index is 1.43. The molecule has 0 atom stereocenters. The van der Waals surface area contributed by atoms with Gasteiger partial charge in [-0.05, 0) is 63.7 Å². The second-order valence-electron chi connectivity index (χ2n) is 8.46. The zero-order valence-corrected chi connectivity index (χ0v) is 16.6. The number of anilines is 1. The summed E-state index contributed by atoms with van der Waals surface area (Å²) in [6, 6.07) is 5.15. The summed E-state index contributed by atoms with van der Waals surface area (Å²) in [5.41, 5.74) is 2.48. The molecule has 2 fully saturated rings. The molecule has 1 aromatic rings. The van der Waals surface area contributed by atoms with E-state index in [0.717, 1.165) is 19.0 Å². The van der Waals surface area contributed by atoms with Crippen LogP contribution in [0.3, 0.4) is 0 Å². The van der Waals surface area contributed by atoms with Crippen LogP contribution >= 0.6 is 0 Å². The van der Waals surface area contributed by atoms with Crippen molar-refractivity contribution in [2.75, 3.05) is 50.7 Å². The molecule has 3 rings (SSSR count). The molecule has 140 valence electrons. The molecule has 2 aliphatic heterocycles. The first-order chi connectivity index (χ1) is 12.0. The molecule has 2 aliphatic rings. The monoisotopic (exact) mass is 344 g/mol. The van der Waals surface area contributed by atoms with Crippen LogP contribution in [0.4, 0.5) is 5.69 Å². The van der Waals surface area contributed by atoms with Crippen LogP contribution in [0, 0.1) is 5.92 Å². The molecule has 0 radical (unpaired) electrons. The van der Waals surface area contributed by atoms with Gasteiger partial charge in [-0.3, -0.25) is 9.88 Å². The molecular weight excluding hydrogens is 308 g/mol.